The van der Waals surface area contributed by atoms with Crippen LogP contribution in [-0.2, 0) is 20.8 Å². The van der Waals surface area contributed by atoms with Crippen LogP contribution in [0.4, 0.5) is 0 Å². The fraction of sp³-hybridized carbons (Fsp3) is 0.409. The van der Waals surface area contributed by atoms with Crippen LogP contribution in [0.15, 0.2) is 30.3 Å². The molecule has 1 saturated heterocycles. The van der Waals surface area contributed by atoms with E-state index in [1.54, 1.807) is 0 Å². The van der Waals surface area contributed by atoms with E-state index < -0.39 is 11.9 Å². The number of nitrogens with zero attached hydrogens (tertiary/aromatic N) is 1. The van der Waals surface area contributed by atoms with Crippen molar-refractivity contribution in [3.8, 4) is 5.75 Å². The number of amides is 1. The monoisotopic (exact) mass is 414 g/mol. The van der Waals surface area contributed by atoms with E-state index in [2.05, 4.69) is 4.57 Å². The maximum Gasteiger partial charge on any atom is 0.338 e. The molecular formula is C22H26N2O6. The summed E-state index contributed by atoms with van der Waals surface area (Å²) in [5.41, 5.74) is 7.67. The molecule has 2 heterocycles. The Bertz CT molecular complexity index is 926. The van der Waals surface area contributed by atoms with Crippen LogP contribution in [0.3, 0.4) is 0 Å². The Hall–Kier alpha value is -3.13. The number of ether oxygens (including phenoxy) is 3. The molecule has 2 aromatic rings. The Kier molecular flexibility index (Phi) is 6.89. The molecule has 2 N–H and O–H groups in total. The number of carbonyl (C=O) groups is 3. The summed E-state index contributed by atoms with van der Waals surface area (Å²) < 4.78 is 18.1. The van der Waals surface area contributed by atoms with Gasteiger partial charge in [-0.1, -0.05) is 0 Å². The van der Waals surface area contributed by atoms with Gasteiger partial charge in [0.25, 0.3) is 5.91 Å². The molecule has 0 unspecified atom stereocenters. The van der Waals surface area contributed by atoms with Gasteiger partial charge in [-0.05, 0) is 57.0 Å². The van der Waals surface area contributed by atoms with Crippen molar-refractivity contribution in [3.63, 3.8) is 0 Å². The predicted octanol–water partition coefficient (Wildman–Crippen LogP) is 2.19. The van der Waals surface area contributed by atoms with Crippen molar-refractivity contribution in [2.45, 2.75) is 39.3 Å². The molecular weight excluding hydrogens is 388 g/mol. The van der Waals surface area contributed by atoms with Crippen molar-refractivity contribution in [2.75, 3.05) is 19.8 Å². The van der Waals surface area contributed by atoms with Gasteiger partial charge in [-0.3, -0.25) is 9.59 Å². The lowest BCUT2D eigenvalue weighted by molar-refractivity contribution is -0.119. The van der Waals surface area contributed by atoms with Crippen LogP contribution in [0.2, 0.25) is 0 Å². The number of nitrogens with two attached hydrogens (primary N) is 1. The minimum absolute atomic E-state index is 0.172. The SMILES string of the molecule is Cc1cc(C(=O)COC(=O)c2ccc(OCC(N)=O)cc2)c(C)n1C[C@@H]1CCCO1. The van der Waals surface area contributed by atoms with E-state index in [4.69, 9.17) is 19.9 Å². The summed E-state index contributed by atoms with van der Waals surface area (Å²) in [7, 11) is 0. The smallest absolute Gasteiger partial charge is 0.338 e. The molecule has 0 spiro atoms. The van der Waals surface area contributed by atoms with Crippen LogP contribution in [0.25, 0.3) is 0 Å². The zero-order chi connectivity index (χ0) is 21.7. The highest BCUT2D eigenvalue weighted by Gasteiger charge is 2.22. The number of carbonyl (C=O) groups excluding carboxylic acids is 3. The second-order valence-electron chi connectivity index (χ2n) is 7.31. The van der Waals surface area contributed by atoms with Gasteiger partial charge in [0.05, 0.1) is 11.7 Å². The Morgan fingerprint density at radius 1 is 1.17 bits per heavy atom. The zero-order valence-corrected chi connectivity index (χ0v) is 17.2. The van der Waals surface area contributed by atoms with Gasteiger partial charge in [0.15, 0.2) is 13.2 Å². The Labute approximate surface area is 174 Å². The van der Waals surface area contributed by atoms with Crippen LogP contribution in [0.5, 0.6) is 5.75 Å². The van der Waals surface area contributed by atoms with Crippen molar-refractivity contribution in [1.82, 2.24) is 4.57 Å². The first-order chi connectivity index (χ1) is 14.3. The average Bonchev–Trinajstić information content (AvgIpc) is 3.34. The highest BCUT2D eigenvalue weighted by atomic mass is 16.5. The molecule has 1 aliphatic rings. The van der Waals surface area contributed by atoms with Crippen molar-refractivity contribution in [3.05, 3.63) is 52.8 Å². The summed E-state index contributed by atoms with van der Waals surface area (Å²) in [5, 5.41) is 0. The maximum atomic E-state index is 12.6. The first-order valence-corrected chi connectivity index (χ1v) is 9.85. The minimum atomic E-state index is -0.613. The zero-order valence-electron chi connectivity index (χ0n) is 17.2. The van der Waals surface area contributed by atoms with Gasteiger partial charge in [0, 0.05) is 30.1 Å². The van der Waals surface area contributed by atoms with Crippen LogP contribution in [0, 0.1) is 13.8 Å². The molecule has 3 rings (SSSR count). The van der Waals surface area contributed by atoms with E-state index in [-0.39, 0.29) is 30.7 Å². The molecule has 160 valence electrons. The lowest BCUT2D eigenvalue weighted by Crippen LogP contribution is -2.20. The molecule has 0 bridgehead atoms. The first-order valence-electron chi connectivity index (χ1n) is 9.85. The van der Waals surface area contributed by atoms with Crippen molar-refractivity contribution >= 4 is 17.7 Å². The number of primary amides is 1. The highest BCUT2D eigenvalue weighted by molar-refractivity contribution is 6.00. The molecule has 1 atom stereocenters. The lowest BCUT2D eigenvalue weighted by atomic mass is 10.1. The normalized spacial score (nSPS) is 15.7. The standard InChI is InChI=1S/C22H26N2O6/c1-14-10-19(15(2)24(14)11-18-4-3-9-28-18)20(25)12-30-22(27)16-5-7-17(8-6-16)29-13-21(23)26/h5-8,10,18H,3-4,9,11-13H2,1-2H3,(H2,23,26)/t18-/m0/s1. The van der Waals surface area contributed by atoms with E-state index in [9.17, 15) is 14.4 Å². The van der Waals surface area contributed by atoms with Gasteiger partial charge in [0.2, 0.25) is 5.78 Å². The lowest BCUT2D eigenvalue weighted by Gasteiger charge is -2.14. The van der Waals surface area contributed by atoms with Crippen molar-refractivity contribution in [2.24, 2.45) is 5.73 Å². The second-order valence-corrected chi connectivity index (χ2v) is 7.31. The largest absolute Gasteiger partial charge is 0.484 e. The summed E-state index contributed by atoms with van der Waals surface area (Å²) in [6.07, 6.45) is 2.25. The first kappa shape index (κ1) is 21.6. The number of hydrogen-bond donors (Lipinski definition) is 1. The van der Waals surface area contributed by atoms with Gasteiger partial charge in [-0.25, -0.2) is 4.79 Å². The number of rotatable bonds is 9. The summed E-state index contributed by atoms with van der Waals surface area (Å²) in [6, 6.07) is 7.87. The quantitative estimate of drug-likeness (QED) is 0.498. The Balaban J connectivity index is 1.57. The fourth-order valence-electron chi connectivity index (χ4n) is 3.49. The van der Waals surface area contributed by atoms with E-state index in [1.165, 1.54) is 24.3 Å². The van der Waals surface area contributed by atoms with Crippen LogP contribution in [-0.4, -0.2) is 48.2 Å². The third kappa shape index (κ3) is 5.27. The number of Topliss-reactive ketones (excluding diaryl/α,β-unsaturated/α-hetero) is 1. The number of aryl methyl sites for hydroxylation is 1. The molecule has 1 aromatic carbocycles. The Morgan fingerprint density at radius 2 is 1.90 bits per heavy atom. The molecule has 1 aliphatic heterocycles. The molecule has 0 radical (unpaired) electrons. The highest BCUT2D eigenvalue weighted by Crippen LogP contribution is 2.21. The topological polar surface area (TPSA) is 110 Å². The molecule has 8 nitrogen and oxygen atoms in total. The maximum absolute atomic E-state index is 12.6. The number of ketones is 1. The number of hydrogen-bond acceptors (Lipinski definition) is 6. The molecule has 1 fully saturated rings. The average molecular weight is 414 g/mol. The summed E-state index contributed by atoms with van der Waals surface area (Å²) in [4.78, 5) is 35.6. The van der Waals surface area contributed by atoms with Crippen LogP contribution >= 0.6 is 0 Å². The van der Waals surface area contributed by atoms with Crippen LogP contribution < -0.4 is 10.5 Å². The van der Waals surface area contributed by atoms with Gasteiger partial charge in [0.1, 0.15) is 5.75 Å². The Morgan fingerprint density at radius 3 is 2.53 bits per heavy atom. The summed E-state index contributed by atoms with van der Waals surface area (Å²) in [6.45, 7) is 4.75. The third-order valence-electron chi connectivity index (χ3n) is 5.09. The van der Waals surface area contributed by atoms with Gasteiger partial charge in [-0.15, -0.1) is 0 Å². The van der Waals surface area contributed by atoms with Crippen molar-refractivity contribution in [1.29, 1.82) is 0 Å². The van der Waals surface area contributed by atoms with E-state index in [0.717, 1.165) is 37.4 Å². The van der Waals surface area contributed by atoms with E-state index in [1.807, 2.05) is 19.9 Å². The second kappa shape index (κ2) is 9.58. The van der Waals surface area contributed by atoms with Gasteiger partial charge < -0.3 is 24.5 Å². The predicted molar refractivity (Wildman–Crippen MR) is 109 cm³/mol. The molecule has 8 heteroatoms. The number of esters is 1. The number of benzene rings is 1. The molecule has 1 amide bonds. The third-order valence-corrected chi connectivity index (χ3v) is 5.09. The molecule has 1 aromatic heterocycles. The summed E-state index contributed by atoms with van der Waals surface area (Å²) >= 11 is 0. The fourth-order valence-corrected chi connectivity index (χ4v) is 3.49. The molecule has 30 heavy (non-hydrogen) atoms. The van der Waals surface area contributed by atoms with E-state index >= 15 is 0 Å². The minimum Gasteiger partial charge on any atom is -0.484 e. The van der Waals surface area contributed by atoms with Gasteiger partial charge in [-0.2, -0.15) is 0 Å². The van der Waals surface area contributed by atoms with Gasteiger partial charge >= 0.3 is 5.97 Å². The van der Waals surface area contributed by atoms with Crippen molar-refractivity contribution < 1.29 is 28.6 Å². The van der Waals surface area contributed by atoms with E-state index in [0.29, 0.717) is 11.3 Å². The number of aromatic nitrogens is 1. The molecule has 0 aliphatic carbocycles. The van der Waals surface area contributed by atoms with Crippen LogP contribution in [0.1, 0.15) is 44.9 Å². The summed E-state index contributed by atoms with van der Waals surface area (Å²) in [5.74, 6) is -1.05. The molecule has 0 saturated carbocycles.